The fraction of sp³-hybridized carbons (Fsp3) is 0.174. The summed E-state index contributed by atoms with van der Waals surface area (Å²) < 4.78 is 65.8. The summed E-state index contributed by atoms with van der Waals surface area (Å²) in [4.78, 5) is 38.0. The standard InChI is InChI=1S/C23H17F3N2O5S/c1-11-3-5-14-17(7-11)34(32,33)18-8-12(2)4-6-15(18)19(14)27-21(30)16-9-13(10-29)20(23(24,25)26)28-22(16)31/h3-10,19H,1-2H3,(H,27,30)(H,28,31). The van der Waals surface area contributed by atoms with Gasteiger partial charge in [-0.25, -0.2) is 8.42 Å². The lowest BCUT2D eigenvalue weighted by Crippen LogP contribution is -2.37. The van der Waals surface area contributed by atoms with E-state index < -0.39 is 50.3 Å². The van der Waals surface area contributed by atoms with Gasteiger partial charge >= 0.3 is 6.18 Å². The Labute approximate surface area is 191 Å². The Morgan fingerprint density at radius 3 is 2.00 bits per heavy atom. The van der Waals surface area contributed by atoms with E-state index in [2.05, 4.69) is 5.32 Å². The average Bonchev–Trinajstić information content (AvgIpc) is 2.76. The number of amides is 1. The summed E-state index contributed by atoms with van der Waals surface area (Å²) in [5.74, 6) is -1.07. The molecule has 0 fully saturated rings. The number of fused-ring (bicyclic) bond motifs is 2. The summed E-state index contributed by atoms with van der Waals surface area (Å²) in [7, 11) is -3.91. The first-order chi connectivity index (χ1) is 15.8. The number of H-pyrrole nitrogens is 1. The number of benzene rings is 2. The number of nitrogens with one attached hydrogen (secondary N) is 2. The van der Waals surface area contributed by atoms with E-state index in [1.165, 1.54) is 24.3 Å². The Kier molecular flexibility index (Phi) is 5.47. The average molecular weight is 490 g/mol. The van der Waals surface area contributed by atoms with E-state index in [4.69, 9.17) is 0 Å². The fourth-order valence-electron chi connectivity index (χ4n) is 3.92. The minimum atomic E-state index is -5.00. The van der Waals surface area contributed by atoms with Crippen LogP contribution in [0.15, 0.2) is 57.1 Å². The quantitative estimate of drug-likeness (QED) is 0.546. The molecule has 0 spiro atoms. The highest BCUT2D eigenvalue weighted by Gasteiger charge is 2.38. The molecule has 0 unspecified atom stereocenters. The second-order valence-electron chi connectivity index (χ2n) is 7.95. The first-order valence-electron chi connectivity index (χ1n) is 9.91. The van der Waals surface area contributed by atoms with E-state index in [9.17, 15) is 36.0 Å². The van der Waals surface area contributed by atoms with Crippen LogP contribution in [0.2, 0.25) is 0 Å². The number of carbonyl (C=O) groups is 2. The molecule has 2 N–H and O–H groups in total. The highest BCUT2D eigenvalue weighted by atomic mass is 32.2. The van der Waals surface area contributed by atoms with E-state index in [1.54, 1.807) is 31.0 Å². The van der Waals surface area contributed by atoms with Crippen molar-refractivity contribution >= 4 is 22.0 Å². The monoisotopic (exact) mass is 490 g/mol. The minimum Gasteiger partial charge on any atom is -0.341 e. The number of pyridine rings is 1. The van der Waals surface area contributed by atoms with Crippen molar-refractivity contribution in [3.63, 3.8) is 0 Å². The number of carbonyl (C=O) groups excluding carboxylic acids is 2. The van der Waals surface area contributed by atoms with Crippen molar-refractivity contribution in [1.29, 1.82) is 0 Å². The van der Waals surface area contributed by atoms with E-state index in [1.807, 2.05) is 0 Å². The predicted molar refractivity (Wildman–Crippen MR) is 115 cm³/mol. The van der Waals surface area contributed by atoms with Gasteiger partial charge in [0.15, 0.2) is 6.29 Å². The van der Waals surface area contributed by atoms with Crippen LogP contribution in [0.25, 0.3) is 0 Å². The van der Waals surface area contributed by atoms with Crippen molar-refractivity contribution in [2.75, 3.05) is 0 Å². The molecule has 11 heteroatoms. The second kappa shape index (κ2) is 7.94. The van der Waals surface area contributed by atoms with Crippen molar-refractivity contribution in [1.82, 2.24) is 10.3 Å². The van der Waals surface area contributed by atoms with Crippen LogP contribution in [0.3, 0.4) is 0 Å². The summed E-state index contributed by atoms with van der Waals surface area (Å²) in [5, 5.41) is 2.55. The van der Waals surface area contributed by atoms with Crippen LogP contribution < -0.4 is 10.9 Å². The van der Waals surface area contributed by atoms with E-state index >= 15 is 0 Å². The summed E-state index contributed by atoms with van der Waals surface area (Å²) >= 11 is 0. The first kappa shape index (κ1) is 23.4. The third-order valence-electron chi connectivity index (χ3n) is 5.54. The van der Waals surface area contributed by atoms with Gasteiger partial charge in [-0.05, 0) is 54.3 Å². The Balaban J connectivity index is 1.85. The number of alkyl halides is 3. The molecule has 34 heavy (non-hydrogen) atoms. The summed E-state index contributed by atoms with van der Waals surface area (Å²) in [6.07, 6.45) is -5.12. The molecule has 2 aromatic carbocycles. The van der Waals surface area contributed by atoms with E-state index in [-0.39, 0.29) is 27.2 Å². The van der Waals surface area contributed by atoms with Gasteiger partial charge < -0.3 is 10.3 Å². The highest BCUT2D eigenvalue weighted by molar-refractivity contribution is 7.91. The molecule has 0 saturated carbocycles. The van der Waals surface area contributed by atoms with Crippen LogP contribution in [-0.4, -0.2) is 25.6 Å². The number of aryl methyl sites for hydroxylation is 2. The van der Waals surface area contributed by atoms with Gasteiger partial charge in [0.1, 0.15) is 11.3 Å². The van der Waals surface area contributed by atoms with Crippen molar-refractivity contribution in [2.45, 2.75) is 35.9 Å². The molecule has 0 bridgehead atoms. The maximum Gasteiger partial charge on any atom is 0.432 e. The first-order valence-corrected chi connectivity index (χ1v) is 11.4. The number of halogens is 3. The zero-order valence-corrected chi connectivity index (χ0v) is 18.6. The fourth-order valence-corrected chi connectivity index (χ4v) is 5.83. The number of hydrogen-bond acceptors (Lipinski definition) is 5. The Bertz CT molecular complexity index is 1470. The SMILES string of the molecule is Cc1ccc2c(c1)S(=O)(=O)c1cc(C)ccc1C2NC(=O)c1cc(C=O)c(C(F)(F)F)[nH]c1=O. The molecule has 176 valence electrons. The van der Waals surface area contributed by atoms with Gasteiger partial charge in [-0.2, -0.15) is 13.2 Å². The molecule has 0 aliphatic carbocycles. The van der Waals surface area contributed by atoms with Gasteiger partial charge in [-0.15, -0.1) is 0 Å². The zero-order valence-electron chi connectivity index (χ0n) is 17.8. The van der Waals surface area contributed by atoms with E-state index in [0.29, 0.717) is 17.2 Å². The van der Waals surface area contributed by atoms with Gasteiger partial charge in [0.2, 0.25) is 9.84 Å². The van der Waals surface area contributed by atoms with Crippen LogP contribution in [0.5, 0.6) is 0 Å². The van der Waals surface area contributed by atoms with Crippen molar-refractivity contribution in [3.8, 4) is 0 Å². The molecule has 0 radical (unpaired) electrons. The maximum absolute atomic E-state index is 13.3. The Morgan fingerprint density at radius 1 is 1.00 bits per heavy atom. The Morgan fingerprint density at radius 2 is 1.53 bits per heavy atom. The third kappa shape index (κ3) is 3.81. The van der Waals surface area contributed by atoms with Crippen LogP contribution >= 0.6 is 0 Å². The number of rotatable bonds is 3. The lowest BCUT2D eigenvalue weighted by Gasteiger charge is -2.29. The summed E-state index contributed by atoms with van der Waals surface area (Å²) in [6, 6.07) is 8.85. The molecular formula is C23H17F3N2O5S. The predicted octanol–water partition coefficient (Wildman–Crippen LogP) is 3.49. The van der Waals surface area contributed by atoms with Crippen molar-refractivity contribution in [2.24, 2.45) is 0 Å². The van der Waals surface area contributed by atoms with Crippen molar-refractivity contribution < 1.29 is 31.2 Å². The molecule has 1 aromatic heterocycles. The molecule has 7 nitrogen and oxygen atoms in total. The van der Waals surface area contributed by atoms with Crippen LogP contribution in [-0.2, 0) is 16.0 Å². The number of hydrogen-bond donors (Lipinski definition) is 2. The topological polar surface area (TPSA) is 113 Å². The van der Waals surface area contributed by atoms with Crippen LogP contribution in [0, 0.1) is 13.8 Å². The van der Waals surface area contributed by atoms with Gasteiger partial charge in [0, 0.05) is 5.56 Å². The van der Waals surface area contributed by atoms with Crippen molar-refractivity contribution in [3.05, 3.63) is 91.9 Å². The zero-order chi connectivity index (χ0) is 25.0. The van der Waals surface area contributed by atoms with Gasteiger partial charge in [-0.1, -0.05) is 24.3 Å². The molecule has 1 aliphatic rings. The molecule has 2 heterocycles. The number of aromatic amines is 1. The maximum atomic E-state index is 13.3. The van der Waals surface area contributed by atoms with Gasteiger partial charge in [0.05, 0.1) is 15.8 Å². The third-order valence-corrected chi connectivity index (χ3v) is 7.41. The number of sulfone groups is 1. The molecule has 3 aromatic rings. The number of aromatic nitrogens is 1. The van der Waals surface area contributed by atoms with Gasteiger partial charge in [-0.3, -0.25) is 14.4 Å². The van der Waals surface area contributed by atoms with E-state index in [0.717, 1.165) is 0 Å². The molecule has 0 saturated heterocycles. The lowest BCUT2D eigenvalue weighted by molar-refractivity contribution is -0.141. The molecular weight excluding hydrogens is 473 g/mol. The van der Waals surface area contributed by atoms with Gasteiger partial charge in [0.25, 0.3) is 11.5 Å². The molecule has 4 rings (SSSR count). The smallest absolute Gasteiger partial charge is 0.341 e. The molecule has 1 amide bonds. The van der Waals surface area contributed by atoms with Crippen LogP contribution in [0.4, 0.5) is 13.2 Å². The lowest BCUT2D eigenvalue weighted by atomic mass is 9.95. The number of aldehydes is 1. The summed E-state index contributed by atoms with van der Waals surface area (Å²) in [6.45, 7) is 3.41. The summed E-state index contributed by atoms with van der Waals surface area (Å²) in [5.41, 5.74) is -2.71. The second-order valence-corrected chi connectivity index (χ2v) is 9.84. The Hall–Kier alpha value is -3.73. The normalized spacial score (nSPS) is 14.7. The van der Waals surface area contributed by atoms with Crippen LogP contribution in [0.1, 0.15) is 54.7 Å². The molecule has 1 aliphatic heterocycles. The molecule has 0 atom stereocenters. The minimum absolute atomic E-state index is 0.0224. The highest BCUT2D eigenvalue weighted by Crippen LogP contribution is 2.41. The largest absolute Gasteiger partial charge is 0.432 e.